The molecule has 0 spiro atoms. The van der Waals surface area contributed by atoms with Gasteiger partial charge in [0.05, 0.1) is 5.39 Å². The standard InChI is InChI=1S/C19H22N4O2S/c1-11-12(2)26-19-16(11)18(25)21-15(22-19)8-9-20-17(24)13-6-5-7-14(10-13)23(3)4/h5-7,10H,8-9H2,1-4H3,(H,20,24)(H,21,22,25). The lowest BCUT2D eigenvalue weighted by Crippen LogP contribution is -2.27. The number of thiophene rings is 1. The summed E-state index contributed by atoms with van der Waals surface area (Å²) in [5.41, 5.74) is 2.45. The zero-order valence-electron chi connectivity index (χ0n) is 15.3. The first-order valence-electron chi connectivity index (χ1n) is 8.41. The van der Waals surface area contributed by atoms with Crippen LogP contribution in [0.15, 0.2) is 29.1 Å². The summed E-state index contributed by atoms with van der Waals surface area (Å²) in [6, 6.07) is 7.44. The molecule has 0 aliphatic carbocycles. The van der Waals surface area contributed by atoms with Crippen molar-refractivity contribution in [1.29, 1.82) is 0 Å². The number of hydrogen-bond donors (Lipinski definition) is 2. The molecule has 0 bridgehead atoms. The number of hydrogen-bond acceptors (Lipinski definition) is 5. The van der Waals surface area contributed by atoms with Crippen LogP contribution in [0.25, 0.3) is 10.2 Å². The number of benzene rings is 1. The summed E-state index contributed by atoms with van der Waals surface area (Å²) in [6.07, 6.45) is 0.473. The molecule has 2 heterocycles. The predicted molar refractivity (Wildman–Crippen MR) is 107 cm³/mol. The highest BCUT2D eigenvalue weighted by atomic mass is 32.1. The van der Waals surface area contributed by atoms with E-state index in [1.165, 1.54) is 11.3 Å². The second kappa shape index (κ2) is 7.29. The Kier molecular flexibility index (Phi) is 5.08. The molecule has 0 radical (unpaired) electrons. The molecule has 3 aromatic rings. The van der Waals surface area contributed by atoms with Crippen LogP contribution in [0.4, 0.5) is 5.69 Å². The highest BCUT2D eigenvalue weighted by molar-refractivity contribution is 7.18. The van der Waals surface area contributed by atoms with Gasteiger partial charge in [-0.15, -0.1) is 11.3 Å². The van der Waals surface area contributed by atoms with E-state index in [1.807, 2.05) is 51.0 Å². The van der Waals surface area contributed by atoms with E-state index in [0.29, 0.717) is 29.7 Å². The van der Waals surface area contributed by atoms with E-state index >= 15 is 0 Å². The Morgan fingerprint density at radius 1 is 1.31 bits per heavy atom. The average Bonchev–Trinajstić information content (AvgIpc) is 2.89. The normalized spacial score (nSPS) is 10.9. The zero-order chi connectivity index (χ0) is 18.8. The lowest BCUT2D eigenvalue weighted by molar-refractivity contribution is 0.0954. The van der Waals surface area contributed by atoms with Crippen molar-refractivity contribution >= 4 is 33.1 Å². The fourth-order valence-corrected chi connectivity index (χ4v) is 3.79. The summed E-state index contributed by atoms with van der Waals surface area (Å²) in [5, 5.41) is 3.55. The van der Waals surface area contributed by atoms with Crippen molar-refractivity contribution in [3.8, 4) is 0 Å². The van der Waals surface area contributed by atoms with Gasteiger partial charge in [0.25, 0.3) is 11.5 Å². The van der Waals surface area contributed by atoms with Gasteiger partial charge in [-0.2, -0.15) is 0 Å². The van der Waals surface area contributed by atoms with Crippen LogP contribution < -0.4 is 15.8 Å². The number of aryl methyl sites for hydroxylation is 2. The van der Waals surface area contributed by atoms with Crippen molar-refractivity contribution in [2.24, 2.45) is 0 Å². The largest absolute Gasteiger partial charge is 0.378 e. The van der Waals surface area contributed by atoms with Crippen LogP contribution in [0.5, 0.6) is 0 Å². The highest BCUT2D eigenvalue weighted by Crippen LogP contribution is 2.25. The van der Waals surface area contributed by atoms with Crippen LogP contribution in [-0.2, 0) is 6.42 Å². The third kappa shape index (κ3) is 3.62. The van der Waals surface area contributed by atoms with Crippen molar-refractivity contribution in [3.63, 3.8) is 0 Å². The van der Waals surface area contributed by atoms with E-state index in [9.17, 15) is 9.59 Å². The number of nitrogens with one attached hydrogen (secondary N) is 2. The number of aromatic nitrogens is 2. The number of carbonyl (C=O) groups excluding carboxylic acids is 1. The molecule has 7 heteroatoms. The molecule has 1 amide bonds. The first-order chi connectivity index (χ1) is 12.4. The van der Waals surface area contributed by atoms with Gasteiger partial charge in [-0.1, -0.05) is 6.07 Å². The molecule has 3 rings (SSSR count). The zero-order valence-corrected chi connectivity index (χ0v) is 16.2. The molecule has 0 aliphatic heterocycles. The molecule has 136 valence electrons. The molecule has 6 nitrogen and oxygen atoms in total. The number of fused-ring (bicyclic) bond motifs is 1. The van der Waals surface area contributed by atoms with Crippen molar-refractivity contribution in [2.45, 2.75) is 20.3 Å². The minimum absolute atomic E-state index is 0.114. The Morgan fingerprint density at radius 3 is 2.81 bits per heavy atom. The van der Waals surface area contributed by atoms with Crippen LogP contribution in [0.2, 0.25) is 0 Å². The second-order valence-corrected chi connectivity index (χ2v) is 7.63. The van der Waals surface area contributed by atoms with Gasteiger partial charge >= 0.3 is 0 Å². The number of nitrogens with zero attached hydrogens (tertiary/aromatic N) is 2. The number of H-pyrrole nitrogens is 1. The van der Waals surface area contributed by atoms with Crippen molar-refractivity contribution in [3.05, 3.63) is 56.4 Å². The monoisotopic (exact) mass is 370 g/mol. The van der Waals surface area contributed by atoms with Crippen LogP contribution >= 0.6 is 11.3 Å². The maximum atomic E-state index is 12.3. The quantitative estimate of drug-likeness (QED) is 0.724. The van der Waals surface area contributed by atoms with E-state index in [2.05, 4.69) is 15.3 Å². The molecule has 0 fully saturated rings. The fraction of sp³-hybridized carbons (Fsp3) is 0.316. The van der Waals surface area contributed by atoms with E-state index in [0.717, 1.165) is 21.0 Å². The second-order valence-electron chi connectivity index (χ2n) is 6.43. The van der Waals surface area contributed by atoms with Gasteiger partial charge in [-0.25, -0.2) is 4.98 Å². The Bertz CT molecular complexity index is 1020. The Morgan fingerprint density at radius 2 is 2.08 bits per heavy atom. The molecule has 0 unspecified atom stereocenters. The SMILES string of the molecule is Cc1sc2nc(CCNC(=O)c3cccc(N(C)C)c3)[nH]c(=O)c2c1C. The number of rotatable bonds is 5. The molecule has 0 atom stereocenters. The number of anilines is 1. The van der Waals surface area contributed by atoms with Gasteiger partial charge in [0.2, 0.25) is 0 Å². The molecule has 0 saturated carbocycles. The number of carbonyl (C=O) groups is 1. The third-order valence-corrected chi connectivity index (χ3v) is 5.46. The summed E-state index contributed by atoms with van der Waals surface area (Å²) < 4.78 is 0. The fourth-order valence-electron chi connectivity index (χ4n) is 2.74. The molecular weight excluding hydrogens is 348 g/mol. The number of aromatic amines is 1. The van der Waals surface area contributed by atoms with E-state index in [4.69, 9.17) is 0 Å². The number of amides is 1. The smallest absolute Gasteiger partial charge is 0.259 e. The van der Waals surface area contributed by atoms with Crippen LogP contribution in [0.1, 0.15) is 26.6 Å². The van der Waals surface area contributed by atoms with Gasteiger partial charge < -0.3 is 15.2 Å². The van der Waals surface area contributed by atoms with Gasteiger partial charge in [0.1, 0.15) is 10.7 Å². The van der Waals surface area contributed by atoms with Crippen molar-refractivity contribution in [2.75, 3.05) is 25.5 Å². The minimum Gasteiger partial charge on any atom is -0.378 e. The molecule has 0 aliphatic rings. The minimum atomic E-state index is -0.139. The Hall–Kier alpha value is -2.67. The molecule has 26 heavy (non-hydrogen) atoms. The Labute approximate surface area is 155 Å². The summed E-state index contributed by atoms with van der Waals surface area (Å²) in [6.45, 7) is 4.33. The van der Waals surface area contributed by atoms with Crippen molar-refractivity contribution in [1.82, 2.24) is 15.3 Å². The highest BCUT2D eigenvalue weighted by Gasteiger charge is 2.12. The Balaban J connectivity index is 1.68. The lowest BCUT2D eigenvalue weighted by atomic mass is 10.2. The maximum Gasteiger partial charge on any atom is 0.259 e. The summed E-state index contributed by atoms with van der Waals surface area (Å²) in [4.78, 5) is 35.7. The van der Waals surface area contributed by atoms with Gasteiger partial charge in [0, 0.05) is 43.2 Å². The van der Waals surface area contributed by atoms with E-state index < -0.39 is 0 Å². The van der Waals surface area contributed by atoms with Gasteiger partial charge in [-0.05, 0) is 37.6 Å². The first-order valence-corrected chi connectivity index (χ1v) is 9.23. The van der Waals surface area contributed by atoms with Gasteiger partial charge in [0.15, 0.2) is 0 Å². The summed E-state index contributed by atoms with van der Waals surface area (Å²) >= 11 is 1.52. The maximum absolute atomic E-state index is 12.3. The molecular formula is C19H22N4O2S. The van der Waals surface area contributed by atoms with Crippen molar-refractivity contribution < 1.29 is 4.79 Å². The summed E-state index contributed by atoms with van der Waals surface area (Å²) in [5.74, 6) is 0.450. The third-order valence-electron chi connectivity index (χ3n) is 4.36. The topological polar surface area (TPSA) is 78.1 Å². The van der Waals surface area contributed by atoms with Crippen LogP contribution in [0, 0.1) is 13.8 Å². The molecule has 2 aromatic heterocycles. The summed E-state index contributed by atoms with van der Waals surface area (Å²) in [7, 11) is 3.87. The van der Waals surface area contributed by atoms with E-state index in [-0.39, 0.29) is 11.5 Å². The van der Waals surface area contributed by atoms with E-state index in [1.54, 1.807) is 6.07 Å². The van der Waals surface area contributed by atoms with Crippen LogP contribution in [-0.4, -0.2) is 36.5 Å². The average molecular weight is 370 g/mol. The van der Waals surface area contributed by atoms with Gasteiger partial charge in [-0.3, -0.25) is 9.59 Å². The molecule has 2 N–H and O–H groups in total. The lowest BCUT2D eigenvalue weighted by Gasteiger charge is -2.13. The van der Waals surface area contributed by atoms with Crippen LogP contribution in [0.3, 0.4) is 0 Å². The predicted octanol–water partition coefficient (Wildman–Crippen LogP) is 2.64. The molecule has 1 aromatic carbocycles. The molecule has 0 saturated heterocycles. The first kappa shape index (κ1) is 18.1.